The third kappa shape index (κ3) is 4.32. The molecule has 2 nitrogen and oxygen atoms in total. The smallest absolute Gasteiger partial charge is 0.308 e. The molecule has 0 spiro atoms. The van der Waals surface area contributed by atoms with E-state index in [0.29, 0.717) is 5.75 Å². The molecule has 0 aromatic heterocycles. The number of hydrogen-bond donors (Lipinski definition) is 0. The Bertz CT molecular complexity index is 674. The quantitative estimate of drug-likeness (QED) is 0.441. The van der Waals surface area contributed by atoms with Crippen LogP contribution < -0.4 is 4.74 Å². The molecule has 22 heavy (non-hydrogen) atoms. The summed E-state index contributed by atoms with van der Waals surface area (Å²) in [5, 5.41) is 0. The molecule has 0 saturated carbocycles. The molecule has 0 aliphatic carbocycles. The van der Waals surface area contributed by atoms with Crippen molar-refractivity contribution < 1.29 is 9.53 Å². The van der Waals surface area contributed by atoms with E-state index < -0.39 is 0 Å². The van der Waals surface area contributed by atoms with E-state index in [-0.39, 0.29) is 5.97 Å². The highest BCUT2D eigenvalue weighted by Crippen LogP contribution is 2.24. The molecule has 0 radical (unpaired) electrons. The Kier molecular flexibility index (Phi) is 5.16. The van der Waals surface area contributed by atoms with Crippen molar-refractivity contribution in [3.8, 4) is 5.75 Å². The van der Waals surface area contributed by atoms with E-state index in [1.165, 1.54) is 29.2 Å². The first-order valence-corrected chi connectivity index (χ1v) is 7.55. The van der Waals surface area contributed by atoms with E-state index >= 15 is 0 Å². The van der Waals surface area contributed by atoms with Gasteiger partial charge in [0.15, 0.2) is 0 Å². The lowest BCUT2D eigenvalue weighted by Crippen LogP contribution is -2.00. The van der Waals surface area contributed by atoms with Crippen LogP contribution in [0.3, 0.4) is 0 Å². The highest BCUT2D eigenvalue weighted by molar-refractivity contribution is 5.82. The van der Waals surface area contributed by atoms with Crippen molar-refractivity contribution in [1.82, 2.24) is 0 Å². The van der Waals surface area contributed by atoms with Crippen LogP contribution in [0.5, 0.6) is 5.75 Å². The maximum Gasteiger partial charge on any atom is 0.308 e. The summed E-state index contributed by atoms with van der Waals surface area (Å²) in [6.07, 6.45) is 3.15. The summed E-state index contributed by atoms with van der Waals surface area (Å²) in [7, 11) is 0. The Balaban J connectivity index is 2.30. The van der Waals surface area contributed by atoms with Gasteiger partial charge in [-0.3, -0.25) is 4.79 Å². The predicted molar refractivity (Wildman–Crippen MR) is 91.8 cm³/mol. The molecule has 0 atom stereocenters. The van der Waals surface area contributed by atoms with Gasteiger partial charge in [-0.1, -0.05) is 54.5 Å². The lowest BCUT2D eigenvalue weighted by atomic mass is 9.97. The standard InChI is InChI=1S/C20H22O2/c1-5-18(19-11-14(2)10-15(3)12-19)13-17-6-8-20(9-7-17)22-16(4)21/h6-13H,5H2,1-4H3/b18-13+. The molecule has 0 unspecified atom stereocenters. The van der Waals surface area contributed by atoms with Gasteiger partial charge in [0, 0.05) is 6.92 Å². The molecule has 0 N–H and O–H groups in total. The van der Waals surface area contributed by atoms with E-state index in [9.17, 15) is 4.79 Å². The molecule has 0 aliphatic rings. The van der Waals surface area contributed by atoms with Gasteiger partial charge in [0.2, 0.25) is 0 Å². The number of benzene rings is 2. The molecule has 114 valence electrons. The summed E-state index contributed by atoms with van der Waals surface area (Å²) >= 11 is 0. The number of rotatable bonds is 4. The zero-order valence-electron chi connectivity index (χ0n) is 13.6. The monoisotopic (exact) mass is 294 g/mol. The van der Waals surface area contributed by atoms with Gasteiger partial charge in [0.1, 0.15) is 5.75 Å². The van der Waals surface area contributed by atoms with Gasteiger partial charge in [-0.05, 0) is 49.1 Å². The molecule has 0 fully saturated rings. The largest absolute Gasteiger partial charge is 0.427 e. The summed E-state index contributed by atoms with van der Waals surface area (Å²) in [6.45, 7) is 7.81. The van der Waals surface area contributed by atoms with Crippen LogP contribution in [0.1, 0.15) is 42.5 Å². The van der Waals surface area contributed by atoms with Gasteiger partial charge in [-0.25, -0.2) is 0 Å². The minimum absolute atomic E-state index is 0.298. The Hall–Kier alpha value is -2.35. The van der Waals surface area contributed by atoms with Crippen LogP contribution >= 0.6 is 0 Å². The van der Waals surface area contributed by atoms with Crippen molar-refractivity contribution >= 4 is 17.6 Å². The summed E-state index contributed by atoms with van der Waals surface area (Å²) in [5.74, 6) is 0.280. The first-order valence-electron chi connectivity index (χ1n) is 7.55. The first-order chi connectivity index (χ1) is 10.5. The third-order valence-electron chi connectivity index (χ3n) is 3.46. The minimum Gasteiger partial charge on any atom is -0.427 e. The number of carbonyl (C=O) groups excluding carboxylic acids is 1. The summed E-state index contributed by atoms with van der Waals surface area (Å²) in [6, 6.07) is 14.2. The highest BCUT2D eigenvalue weighted by Gasteiger charge is 2.03. The molecule has 0 amide bonds. The molecule has 2 aromatic carbocycles. The molecule has 2 rings (SSSR count). The molecule has 0 saturated heterocycles. The summed E-state index contributed by atoms with van der Waals surface area (Å²) in [5.41, 5.74) is 6.22. The maximum absolute atomic E-state index is 10.9. The Labute approximate surface area is 132 Å². The van der Waals surface area contributed by atoms with Gasteiger partial charge in [0.05, 0.1) is 0 Å². The molecule has 2 heteroatoms. The van der Waals surface area contributed by atoms with Gasteiger partial charge in [-0.2, -0.15) is 0 Å². The van der Waals surface area contributed by atoms with Crippen LogP contribution in [-0.2, 0) is 4.79 Å². The van der Waals surface area contributed by atoms with Gasteiger partial charge >= 0.3 is 5.97 Å². The zero-order valence-corrected chi connectivity index (χ0v) is 13.6. The van der Waals surface area contributed by atoms with E-state index in [4.69, 9.17) is 4.74 Å². The fraction of sp³-hybridized carbons (Fsp3) is 0.250. The van der Waals surface area contributed by atoms with Crippen LogP contribution in [0.25, 0.3) is 11.6 Å². The average Bonchev–Trinajstić information content (AvgIpc) is 2.44. The minimum atomic E-state index is -0.298. The number of ether oxygens (including phenoxy) is 1. The van der Waals surface area contributed by atoms with Crippen molar-refractivity contribution in [2.45, 2.75) is 34.1 Å². The summed E-state index contributed by atoms with van der Waals surface area (Å²) < 4.78 is 5.06. The second-order valence-electron chi connectivity index (χ2n) is 5.56. The lowest BCUT2D eigenvalue weighted by molar-refractivity contribution is -0.131. The highest BCUT2D eigenvalue weighted by atomic mass is 16.5. The third-order valence-corrected chi connectivity index (χ3v) is 3.46. The number of allylic oxidation sites excluding steroid dienone is 1. The number of hydrogen-bond acceptors (Lipinski definition) is 2. The molecular formula is C20H22O2. The fourth-order valence-corrected chi connectivity index (χ4v) is 2.55. The first kappa shape index (κ1) is 16.0. The van der Waals surface area contributed by atoms with Crippen LogP contribution in [0.2, 0.25) is 0 Å². The van der Waals surface area contributed by atoms with Gasteiger partial charge in [0.25, 0.3) is 0 Å². The Morgan fingerprint density at radius 1 is 1.05 bits per heavy atom. The normalized spacial score (nSPS) is 11.4. The van der Waals surface area contributed by atoms with Crippen molar-refractivity contribution in [2.75, 3.05) is 0 Å². The van der Waals surface area contributed by atoms with Crippen LogP contribution in [0.15, 0.2) is 42.5 Å². The molecule has 0 bridgehead atoms. The lowest BCUT2D eigenvalue weighted by Gasteiger charge is -2.09. The molecular weight excluding hydrogens is 272 g/mol. The van der Waals surface area contributed by atoms with E-state index in [1.54, 1.807) is 0 Å². The van der Waals surface area contributed by atoms with Crippen LogP contribution in [-0.4, -0.2) is 5.97 Å². The number of carbonyl (C=O) groups is 1. The Morgan fingerprint density at radius 3 is 2.14 bits per heavy atom. The van der Waals surface area contributed by atoms with Crippen molar-refractivity contribution in [3.05, 3.63) is 64.7 Å². The number of aryl methyl sites for hydroxylation is 2. The molecule has 0 heterocycles. The van der Waals surface area contributed by atoms with Crippen molar-refractivity contribution in [3.63, 3.8) is 0 Å². The molecule has 0 aliphatic heterocycles. The second kappa shape index (κ2) is 7.08. The SMILES string of the molecule is CC/C(=C\c1ccc(OC(C)=O)cc1)c1cc(C)cc(C)c1. The zero-order chi connectivity index (χ0) is 16.1. The summed E-state index contributed by atoms with van der Waals surface area (Å²) in [4.78, 5) is 10.9. The van der Waals surface area contributed by atoms with Crippen LogP contribution in [0.4, 0.5) is 0 Å². The van der Waals surface area contributed by atoms with Gasteiger partial charge < -0.3 is 4.74 Å². The Morgan fingerprint density at radius 2 is 1.64 bits per heavy atom. The fourth-order valence-electron chi connectivity index (χ4n) is 2.55. The number of esters is 1. The maximum atomic E-state index is 10.9. The second-order valence-corrected chi connectivity index (χ2v) is 5.56. The average molecular weight is 294 g/mol. The van der Waals surface area contributed by atoms with Crippen LogP contribution in [0, 0.1) is 13.8 Å². The van der Waals surface area contributed by atoms with E-state index in [1.807, 2.05) is 24.3 Å². The predicted octanol–water partition coefficient (Wildman–Crippen LogP) is 5.18. The van der Waals surface area contributed by atoms with Crippen molar-refractivity contribution in [1.29, 1.82) is 0 Å². The van der Waals surface area contributed by atoms with Gasteiger partial charge in [-0.15, -0.1) is 0 Å². The molecule has 2 aromatic rings. The van der Waals surface area contributed by atoms with Crippen molar-refractivity contribution in [2.24, 2.45) is 0 Å². The van der Waals surface area contributed by atoms with E-state index in [0.717, 1.165) is 12.0 Å². The topological polar surface area (TPSA) is 26.3 Å². The van der Waals surface area contributed by atoms with E-state index in [2.05, 4.69) is 45.0 Å².